The number of benzene rings is 3. The minimum atomic E-state index is -3.88. The molecule has 1 aromatic heterocycles. The van der Waals surface area contributed by atoms with Gasteiger partial charge in [0.1, 0.15) is 6.07 Å². The molecule has 0 saturated heterocycles. The van der Waals surface area contributed by atoms with Crippen LogP contribution in [0, 0.1) is 18.3 Å². The summed E-state index contributed by atoms with van der Waals surface area (Å²) in [7, 11) is -3.88. The van der Waals surface area contributed by atoms with Gasteiger partial charge in [-0.05, 0) is 25.1 Å². The summed E-state index contributed by atoms with van der Waals surface area (Å²) in [4.78, 5) is 0.190. The summed E-state index contributed by atoms with van der Waals surface area (Å²) in [5.41, 5.74) is 2.90. The quantitative estimate of drug-likeness (QED) is 0.522. The maximum atomic E-state index is 13.5. The van der Waals surface area contributed by atoms with Crippen molar-refractivity contribution >= 4 is 20.9 Å². The molecule has 0 radical (unpaired) electrons. The highest BCUT2D eigenvalue weighted by molar-refractivity contribution is 7.90. The maximum absolute atomic E-state index is 13.5. The smallest absolute Gasteiger partial charge is 0.232 e. The van der Waals surface area contributed by atoms with Crippen LogP contribution in [0.2, 0.25) is 0 Å². The molecule has 0 atom stereocenters. The van der Waals surface area contributed by atoms with Gasteiger partial charge in [-0.25, -0.2) is 12.4 Å². The summed E-state index contributed by atoms with van der Waals surface area (Å²) in [6.45, 7) is 1.91. The molecule has 132 valence electrons. The van der Waals surface area contributed by atoms with Crippen LogP contribution >= 0.6 is 0 Å². The minimum absolute atomic E-state index is 0.190. The van der Waals surface area contributed by atoms with E-state index in [1.165, 1.54) is 3.97 Å². The van der Waals surface area contributed by atoms with Crippen LogP contribution in [0.5, 0.6) is 0 Å². The number of aryl methyl sites for hydroxylation is 1. The SMILES string of the molecule is Cc1ccc(S(=O)(=O)n2c(-c3ccccc3)c(C#N)c3ccccc32)cc1. The molecule has 0 aliphatic heterocycles. The first-order valence-electron chi connectivity index (χ1n) is 8.45. The number of rotatable bonds is 3. The van der Waals surface area contributed by atoms with Crippen LogP contribution in [0.3, 0.4) is 0 Å². The van der Waals surface area contributed by atoms with Gasteiger partial charge in [0.05, 0.1) is 21.7 Å². The molecule has 0 unspecified atom stereocenters. The van der Waals surface area contributed by atoms with Gasteiger partial charge < -0.3 is 0 Å². The van der Waals surface area contributed by atoms with Crippen molar-refractivity contribution in [2.75, 3.05) is 0 Å². The first-order valence-corrected chi connectivity index (χ1v) is 9.89. The Labute approximate surface area is 158 Å². The molecule has 1 heterocycles. The Morgan fingerprint density at radius 1 is 0.852 bits per heavy atom. The third-order valence-electron chi connectivity index (χ3n) is 4.55. The minimum Gasteiger partial charge on any atom is -0.232 e. The van der Waals surface area contributed by atoms with Crippen LogP contribution in [-0.2, 0) is 10.0 Å². The zero-order valence-electron chi connectivity index (χ0n) is 14.6. The van der Waals surface area contributed by atoms with E-state index in [-0.39, 0.29) is 4.90 Å². The van der Waals surface area contributed by atoms with Crippen molar-refractivity contribution in [2.45, 2.75) is 11.8 Å². The summed E-state index contributed by atoms with van der Waals surface area (Å²) >= 11 is 0. The largest absolute Gasteiger partial charge is 0.268 e. The third-order valence-corrected chi connectivity index (χ3v) is 6.28. The van der Waals surface area contributed by atoms with Gasteiger partial charge in [-0.15, -0.1) is 0 Å². The number of hydrogen-bond donors (Lipinski definition) is 0. The molecule has 4 aromatic rings. The lowest BCUT2D eigenvalue weighted by molar-refractivity contribution is 0.589. The van der Waals surface area contributed by atoms with Gasteiger partial charge in [0, 0.05) is 10.9 Å². The van der Waals surface area contributed by atoms with Gasteiger partial charge in [-0.3, -0.25) is 0 Å². The number of hydrogen-bond acceptors (Lipinski definition) is 3. The lowest BCUT2D eigenvalue weighted by atomic mass is 10.1. The topological polar surface area (TPSA) is 62.9 Å². The molecule has 4 nitrogen and oxygen atoms in total. The highest BCUT2D eigenvalue weighted by Gasteiger charge is 2.27. The maximum Gasteiger partial charge on any atom is 0.268 e. The Morgan fingerprint density at radius 2 is 1.48 bits per heavy atom. The van der Waals surface area contributed by atoms with Crippen molar-refractivity contribution in [1.82, 2.24) is 3.97 Å². The van der Waals surface area contributed by atoms with Gasteiger partial charge in [0.25, 0.3) is 10.0 Å². The fourth-order valence-electron chi connectivity index (χ4n) is 3.25. The predicted octanol–water partition coefficient (Wildman–Crippen LogP) is 4.73. The number of aromatic nitrogens is 1. The molecule has 3 aromatic carbocycles. The Morgan fingerprint density at radius 3 is 2.15 bits per heavy atom. The first-order chi connectivity index (χ1) is 13.0. The van der Waals surface area contributed by atoms with Gasteiger partial charge in [0.15, 0.2) is 0 Å². The van der Waals surface area contributed by atoms with Gasteiger partial charge >= 0.3 is 0 Å². The summed E-state index contributed by atoms with van der Waals surface area (Å²) in [6, 6.07) is 25.2. The lowest BCUT2D eigenvalue weighted by Gasteiger charge is -2.12. The molecule has 5 heteroatoms. The van der Waals surface area contributed by atoms with E-state index in [4.69, 9.17) is 0 Å². The van der Waals surface area contributed by atoms with Crippen molar-refractivity contribution in [3.8, 4) is 17.3 Å². The molecule has 0 amide bonds. The van der Waals surface area contributed by atoms with Crippen LogP contribution in [0.4, 0.5) is 0 Å². The highest BCUT2D eigenvalue weighted by atomic mass is 32.2. The van der Waals surface area contributed by atoms with Crippen LogP contribution in [0.25, 0.3) is 22.2 Å². The summed E-state index contributed by atoms with van der Waals surface area (Å²) in [6.07, 6.45) is 0. The Hall–Kier alpha value is -3.36. The van der Waals surface area contributed by atoms with E-state index >= 15 is 0 Å². The zero-order valence-corrected chi connectivity index (χ0v) is 15.4. The van der Waals surface area contributed by atoms with Crippen LogP contribution in [0.1, 0.15) is 11.1 Å². The average molecular weight is 372 g/mol. The molecule has 0 aliphatic carbocycles. The Kier molecular flexibility index (Phi) is 4.06. The standard InChI is InChI=1S/C22H16N2O2S/c1-16-11-13-18(14-12-16)27(25,26)24-21-10-6-5-9-19(21)20(15-23)22(24)17-7-3-2-4-8-17/h2-14H,1H3. The summed E-state index contributed by atoms with van der Waals surface area (Å²) < 4.78 is 28.4. The van der Waals surface area contributed by atoms with E-state index in [1.807, 2.05) is 37.3 Å². The molecule has 0 aliphatic rings. The van der Waals surface area contributed by atoms with Crippen molar-refractivity contribution in [2.24, 2.45) is 0 Å². The third kappa shape index (κ3) is 2.71. The Balaban J connectivity index is 2.15. The second kappa shape index (κ2) is 6.42. The number of nitrogens with zero attached hydrogens (tertiary/aromatic N) is 2. The van der Waals surface area contributed by atoms with E-state index in [0.29, 0.717) is 27.7 Å². The molecule has 0 spiro atoms. The van der Waals surface area contributed by atoms with E-state index in [9.17, 15) is 13.7 Å². The van der Waals surface area contributed by atoms with Crippen molar-refractivity contribution in [3.05, 3.63) is 90.0 Å². The lowest BCUT2D eigenvalue weighted by Crippen LogP contribution is -2.14. The van der Waals surface area contributed by atoms with E-state index in [2.05, 4.69) is 6.07 Å². The molecule has 4 rings (SSSR count). The van der Waals surface area contributed by atoms with Crippen molar-refractivity contribution in [1.29, 1.82) is 5.26 Å². The van der Waals surface area contributed by atoms with E-state index in [1.54, 1.807) is 48.5 Å². The second-order valence-electron chi connectivity index (χ2n) is 6.30. The monoisotopic (exact) mass is 372 g/mol. The molecule has 0 bridgehead atoms. The zero-order chi connectivity index (χ0) is 19.0. The molecular weight excluding hydrogens is 356 g/mol. The molecule has 0 saturated carbocycles. The van der Waals surface area contributed by atoms with Crippen molar-refractivity contribution in [3.63, 3.8) is 0 Å². The fourth-order valence-corrected chi connectivity index (χ4v) is 4.79. The van der Waals surface area contributed by atoms with Crippen LogP contribution < -0.4 is 0 Å². The number of para-hydroxylation sites is 1. The van der Waals surface area contributed by atoms with E-state index < -0.39 is 10.0 Å². The fraction of sp³-hybridized carbons (Fsp3) is 0.0455. The van der Waals surface area contributed by atoms with Crippen molar-refractivity contribution < 1.29 is 8.42 Å². The molecule has 0 fully saturated rings. The van der Waals surface area contributed by atoms with E-state index in [0.717, 1.165) is 5.56 Å². The normalized spacial score (nSPS) is 11.4. The first kappa shape index (κ1) is 17.1. The Bertz CT molecular complexity index is 1280. The van der Waals surface area contributed by atoms with Crippen LogP contribution in [0.15, 0.2) is 83.8 Å². The van der Waals surface area contributed by atoms with Gasteiger partial charge in [-0.2, -0.15) is 5.26 Å². The average Bonchev–Trinajstić information content (AvgIpc) is 3.04. The summed E-state index contributed by atoms with van der Waals surface area (Å²) in [5, 5.41) is 10.4. The second-order valence-corrected chi connectivity index (χ2v) is 8.09. The number of nitriles is 1. The molecular formula is C22H16N2O2S. The van der Waals surface area contributed by atoms with Crippen LogP contribution in [-0.4, -0.2) is 12.4 Å². The van der Waals surface area contributed by atoms with Gasteiger partial charge in [0.2, 0.25) is 0 Å². The number of fused-ring (bicyclic) bond motifs is 1. The predicted molar refractivity (Wildman–Crippen MR) is 106 cm³/mol. The molecule has 27 heavy (non-hydrogen) atoms. The highest BCUT2D eigenvalue weighted by Crippen LogP contribution is 2.36. The summed E-state index contributed by atoms with van der Waals surface area (Å²) in [5.74, 6) is 0. The van der Waals surface area contributed by atoms with Gasteiger partial charge in [-0.1, -0.05) is 66.2 Å². The molecule has 0 N–H and O–H groups in total.